The quantitative estimate of drug-likeness (QED) is 0.650. The predicted octanol–water partition coefficient (Wildman–Crippen LogP) is 4.55. The fourth-order valence-electron chi connectivity index (χ4n) is 1.52. The molecule has 122 valence electrons. The van der Waals surface area contributed by atoms with Crippen LogP contribution in [0.4, 0.5) is 0 Å². The summed E-state index contributed by atoms with van der Waals surface area (Å²) < 4.78 is 6.77. The van der Waals surface area contributed by atoms with Gasteiger partial charge in [-0.2, -0.15) is 9.59 Å². The van der Waals surface area contributed by atoms with Crippen LogP contribution in [0.3, 0.4) is 0 Å². The number of ether oxygens (including phenoxy) is 1. The first kappa shape index (κ1) is 21.2. The number of halogens is 2. The van der Waals surface area contributed by atoms with E-state index >= 15 is 0 Å². The van der Waals surface area contributed by atoms with Crippen molar-refractivity contribution in [2.24, 2.45) is 0 Å². The van der Waals surface area contributed by atoms with Crippen LogP contribution in [0.5, 0.6) is 0 Å². The lowest BCUT2D eigenvalue weighted by atomic mass is 10.2. The second-order valence-electron chi connectivity index (χ2n) is 4.03. The lowest BCUT2D eigenvalue weighted by molar-refractivity contribution is -0.191. The van der Waals surface area contributed by atoms with E-state index in [9.17, 15) is 4.79 Å². The third kappa shape index (κ3) is 9.79. The van der Waals surface area contributed by atoms with Crippen LogP contribution in [-0.2, 0) is 32.1 Å². The van der Waals surface area contributed by atoms with Crippen molar-refractivity contribution in [2.75, 3.05) is 0 Å². The second-order valence-corrected chi connectivity index (χ2v) is 5.74. The molecule has 0 fully saturated rings. The van der Waals surface area contributed by atoms with Gasteiger partial charge in [0.1, 0.15) is 6.61 Å². The van der Waals surface area contributed by atoms with Crippen LogP contribution in [0.15, 0.2) is 57.5 Å². The summed E-state index contributed by atoms with van der Waals surface area (Å²) in [5, 5.41) is 0. The number of aryl methyl sites for hydroxylation is 1. The van der Waals surface area contributed by atoms with E-state index in [-0.39, 0.29) is 6.15 Å². The predicted molar refractivity (Wildman–Crippen MR) is 93.5 cm³/mol. The number of rotatable bonds is 4. The van der Waals surface area contributed by atoms with E-state index in [0.717, 1.165) is 16.5 Å². The van der Waals surface area contributed by atoms with Gasteiger partial charge in [0.15, 0.2) is 0 Å². The second kappa shape index (κ2) is 13.9. The smallest absolute Gasteiger partial charge is 0.373 e. The van der Waals surface area contributed by atoms with Gasteiger partial charge in [0.05, 0.1) is 0 Å². The molecular formula is C17H16Br2O4. The molecule has 0 heterocycles. The standard InChI is InChI=1S/C8H7BrO2.C8H9Br.CO2/c9-8-4-2-1-3-7(8)5-11-6-10;1-2-7-5-3-4-6-8(7)9;2-1-3/h1-4,6H,5H2;3-6H,2H2,1H3;. The van der Waals surface area contributed by atoms with Gasteiger partial charge in [0.2, 0.25) is 0 Å². The minimum Gasteiger partial charge on any atom is -0.463 e. The van der Waals surface area contributed by atoms with Gasteiger partial charge >= 0.3 is 6.15 Å². The minimum atomic E-state index is 0.250. The fourth-order valence-corrected chi connectivity index (χ4v) is 2.49. The van der Waals surface area contributed by atoms with Gasteiger partial charge in [-0.3, -0.25) is 4.79 Å². The molecule has 0 spiro atoms. The first-order valence-corrected chi connectivity index (χ1v) is 8.20. The number of benzene rings is 2. The van der Waals surface area contributed by atoms with Crippen molar-refractivity contribution in [1.82, 2.24) is 0 Å². The van der Waals surface area contributed by atoms with E-state index in [1.165, 1.54) is 10.0 Å². The van der Waals surface area contributed by atoms with Crippen LogP contribution < -0.4 is 0 Å². The molecule has 0 N–H and O–H groups in total. The highest BCUT2D eigenvalue weighted by Crippen LogP contribution is 2.16. The number of carbonyl (C=O) groups is 1. The van der Waals surface area contributed by atoms with E-state index in [0.29, 0.717) is 13.1 Å². The summed E-state index contributed by atoms with van der Waals surface area (Å²) in [5.74, 6) is 0. The summed E-state index contributed by atoms with van der Waals surface area (Å²) in [4.78, 5) is 26.1. The first-order valence-electron chi connectivity index (χ1n) is 6.62. The van der Waals surface area contributed by atoms with Gasteiger partial charge < -0.3 is 4.74 Å². The summed E-state index contributed by atoms with van der Waals surface area (Å²) in [6.45, 7) is 2.92. The van der Waals surface area contributed by atoms with Crippen LogP contribution in [0.1, 0.15) is 18.1 Å². The molecule has 0 aliphatic rings. The average molecular weight is 444 g/mol. The highest BCUT2D eigenvalue weighted by molar-refractivity contribution is 9.10. The Morgan fingerprint density at radius 3 is 1.74 bits per heavy atom. The largest absolute Gasteiger partial charge is 0.463 e. The van der Waals surface area contributed by atoms with Gasteiger partial charge in [-0.25, -0.2) is 0 Å². The summed E-state index contributed by atoms with van der Waals surface area (Å²) in [6, 6.07) is 15.9. The molecule has 6 heteroatoms. The minimum absolute atomic E-state index is 0.250. The lowest BCUT2D eigenvalue weighted by Gasteiger charge is -2.00. The van der Waals surface area contributed by atoms with Crippen molar-refractivity contribution in [1.29, 1.82) is 0 Å². The van der Waals surface area contributed by atoms with Crippen molar-refractivity contribution >= 4 is 44.5 Å². The van der Waals surface area contributed by atoms with Gasteiger partial charge in [-0.05, 0) is 24.1 Å². The summed E-state index contributed by atoms with van der Waals surface area (Å²) >= 11 is 6.79. The topological polar surface area (TPSA) is 60.4 Å². The SMILES string of the molecule is CCc1ccccc1Br.O=C=O.O=COCc1ccccc1Br. The first-order chi connectivity index (χ1) is 11.1. The Morgan fingerprint density at radius 1 is 0.957 bits per heavy atom. The summed E-state index contributed by atoms with van der Waals surface area (Å²) in [6.07, 6.45) is 1.35. The van der Waals surface area contributed by atoms with Gasteiger partial charge in [0.25, 0.3) is 6.47 Å². The van der Waals surface area contributed by atoms with Crippen molar-refractivity contribution in [3.8, 4) is 0 Å². The number of carbonyl (C=O) groups excluding carboxylic acids is 3. The number of hydrogen-bond acceptors (Lipinski definition) is 4. The molecule has 0 unspecified atom stereocenters. The van der Waals surface area contributed by atoms with Gasteiger partial charge in [-0.15, -0.1) is 0 Å². The fraction of sp³-hybridized carbons (Fsp3) is 0.176. The van der Waals surface area contributed by atoms with Crippen molar-refractivity contribution < 1.29 is 19.1 Å². The van der Waals surface area contributed by atoms with Crippen LogP contribution >= 0.6 is 31.9 Å². The Bertz CT molecular complexity index is 623. The highest BCUT2D eigenvalue weighted by Gasteiger charge is 1.96. The van der Waals surface area contributed by atoms with Gasteiger partial charge in [-0.1, -0.05) is 75.2 Å². The van der Waals surface area contributed by atoms with E-state index in [1.807, 2.05) is 30.3 Å². The molecular weight excluding hydrogens is 428 g/mol. The van der Waals surface area contributed by atoms with Gasteiger partial charge in [0, 0.05) is 14.5 Å². The Balaban J connectivity index is 0.000000365. The summed E-state index contributed by atoms with van der Waals surface area (Å²) in [5.41, 5.74) is 2.34. The Hall–Kier alpha value is -1.75. The molecule has 0 saturated heterocycles. The molecule has 0 aliphatic carbocycles. The van der Waals surface area contributed by atoms with Crippen molar-refractivity contribution in [2.45, 2.75) is 20.0 Å². The number of hydrogen-bond donors (Lipinski definition) is 0. The molecule has 0 aliphatic heterocycles. The van der Waals surface area contributed by atoms with Crippen LogP contribution in [0.25, 0.3) is 0 Å². The zero-order chi connectivity index (χ0) is 17.5. The third-order valence-corrected chi connectivity index (χ3v) is 4.15. The molecule has 2 aromatic rings. The van der Waals surface area contributed by atoms with Crippen molar-refractivity contribution in [3.63, 3.8) is 0 Å². The zero-order valence-corrected chi connectivity index (χ0v) is 15.7. The van der Waals surface area contributed by atoms with E-state index in [2.05, 4.69) is 61.7 Å². The average Bonchev–Trinajstić information content (AvgIpc) is 2.56. The third-order valence-electron chi connectivity index (χ3n) is 2.60. The molecule has 0 radical (unpaired) electrons. The normalized spacial score (nSPS) is 8.48. The maximum Gasteiger partial charge on any atom is 0.373 e. The molecule has 23 heavy (non-hydrogen) atoms. The molecule has 0 aromatic heterocycles. The van der Waals surface area contributed by atoms with Crippen LogP contribution in [0, 0.1) is 0 Å². The maximum absolute atomic E-state index is 9.85. The molecule has 0 atom stereocenters. The monoisotopic (exact) mass is 442 g/mol. The van der Waals surface area contributed by atoms with E-state index < -0.39 is 0 Å². The maximum atomic E-state index is 9.85. The highest BCUT2D eigenvalue weighted by atomic mass is 79.9. The van der Waals surface area contributed by atoms with Crippen LogP contribution in [-0.4, -0.2) is 12.6 Å². The zero-order valence-electron chi connectivity index (χ0n) is 12.5. The lowest BCUT2D eigenvalue weighted by Crippen LogP contribution is -1.90. The van der Waals surface area contributed by atoms with Crippen molar-refractivity contribution in [3.05, 3.63) is 68.6 Å². The molecule has 2 aromatic carbocycles. The molecule has 0 amide bonds. The molecule has 0 bridgehead atoms. The van der Waals surface area contributed by atoms with Crippen LogP contribution in [0.2, 0.25) is 0 Å². The molecule has 2 rings (SSSR count). The molecule has 4 nitrogen and oxygen atoms in total. The van der Waals surface area contributed by atoms with E-state index in [4.69, 9.17) is 9.59 Å². The molecule has 0 saturated carbocycles. The Kier molecular flexibility index (Phi) is 12.8. The Morgan fingerprint density at radius 2 is 1.39 bits per heavy atom. The Labute approximate surface area is 152 Å². The summed E-state index contributed by atoms with van der Waals surface area (Å²) in [7, 11) is 0. The van der Waals surface area contributed by atoms with E-state index in [1.54, 1.807) is 0 Å².